The number of carbonyl (C=O) groups is 1. The van der Waals surface area contributed by atoms with Crippen molar-refractivity contribution in [1.82, 2.24) is 24.8 Å². The summed E-state index contributed by atoms with van der Waals surface area (Å²) in [6.07, 6.45) is -5.84. The molecule has 1 aliphatic rings. The molecule has 1 amide bonds. The minimum Gasteiger partial charge on any atom is -0.444 e. The molecule has 7 N–H and O–H groups in total. The Morgan fingerprint density at radius 3 is 2.62 bits per heavy atom. The first-order valence-electron chi connectivity index (χ1n) is 8.87. The van der Waals surface area contributed by atoms with E-state index in [2.05, 4.69) is 20.3 Å². The number of aliphatic hydroxyl groups is 3. The van der Waals surface area contributed by atoms with Gasteiger partial charge in [-0.25, -0.2) is 9.78 Å². The standard InChI is InChI=1S/C16H24N6O7/c1-16(2,3)29-15(27)18-4-7-19-8-11(20-14(17)21-12(8)26)22(7)13-10(25)9(24)6(5-23)28-13/h6,9-10,13,23-25H,4-5H2,1-3H3,(H,18,27)(H3,17,20,21,26)/t6-,9?,10+,13-/m1/s1. The Labute approximate surface area is 164 Å². The number of nitrogens with one attached hydrogen (secondary N) is 2. The van der Waals surface area contributed by atoms with Crippen molar-refractivity contribution in [3.8, 4) is 0 Å². The van der Waals surface area contributed by atoms with Gasteiger partial charge in [0.2, 0.25) is 5.95 Å². The molecule has 0 spiro atoms. The van der Waals surface area contributed by atoms with Crippen LogP contribution in [-0.4, -0.2) is 71.5 Å². The number of nitrogen functional groups attached to an aromatic ring is 1. The number of H-pyrrole nitrogens is 1. The Morgan fingerprint density at radius 1 is 1.34 bits per heavy atom. The molecule has 0 radical (unpaired) electrons. The van der Waals surface area contributed by atoms with Gasteiger partial charge in [-0.3, -0.25) is 14.3 Å². The zero-order chi connectivity index (χ0) is 21.5. The van der Waals surface area contributed by atoms with E-state index >= 15 is 0 Å². The highest BCUT2D eigenvalue weighted by atomic mass is 16.6. The quantitative estimate of drug-likeness (QED) is 0.338. The molecule has 160 valence electrons. The van der Waals surface area contributed by atoms with Gasteiger partial charge >= 0.3 is 6.09 Å². The van der Waals surface area contributed by atoms with Crippen molar-refractivity contribution >= 4 is 23.2 Å². The molecular formula is C16H24N6O7. The number of hydrogen-bond acceptors (Lipinski definition) is 10. The van der Waals surface area contributed by atoms with Gasteiger partial charge in [-0.1, -0.05) is 0 Å². The number of ether oxygens (including phenoxy) is 2. The highest BCUT2D eigenvalue weighted by Crippen LogP contribution is 2.32. The van der Waals surface area contributed by atoms with Crippen LogP contribution >= 0.6 is 0 Å². The zero-order valence-electron chi connectivity index (χ0n) is 16.1. The van der Waals surface area contributed by atoms with Crippen LogP contribution in [0.2, 0.25) is 0 Å². The van der Waals surface area contributed by atoms with Crippen molar-refractivity contribution in [3.05, 3.63) is 16.2 Å². The normalized spacial score (nSPS) is 24.8. The third-order valence-corrected chi connectivity index (χ3v) is 4.20. The average molecular weight is 412 g/mol. The number of nitrogens with two attached hydrogens (primary N) is 1. The number of aromatic amines is 1. The van der Waals surface area contributed by atoms with Crippen LogP contribution in [0, 0.1) is 0 Å². The summed E-state index contributed by atoms with van der Waals surface area (Å²) >= 11 is 0. The predicted molar refractivity (Wildman–Crippen MR) is 98.6 cm³/mol. The van der Waals surface area contributed by atoms with Crippen LogP contribution in [0.25, 0.3) is 11.2 Å². The van der Waals surface area contributed by atoms with Crippen molar-refractivity contribution in [2.24, 2.45) is 0 Å². The van der Waals surface area contributed by atoms with E-state index in [1.54, 1.807) is 20.8 Å². The van der Waals surface area contributed by atoms with Crippen LogP contribution in [0.3, 0.4) is 0 Å². The van der Waals surface area contributed by atoms with Crippen molar-refractivity contribution in [1.29, 1.82) is 0 Å². The summed E-state index contributed by atoms with van der Waals surface area (Å²) in [6, 6.07) is 0. The third kappa shape index (κ3) is 4.17. The van der Waals surface area contributed by atoms with E-state index in [0.29, 0.717) is 0 Å². The second-order valence-electron chi connectivity index (χ2n) is 7.61. The van der Waals surface area contributed by atoms with E-state index in [4.69, 9.17) is 15.2 Å². The number of rotatable bonds is 4. The Bertz CT molecular complexity index is 965. The molecule has 13 heteroatoms. The van der Waals surface area contributed by atoms with Crippen LogP contribution in [-0.2, 0) is 16.0 Å². The lowest BCUT2D eigenvalue weighted by Crippen LogP contribution is -2.35. The fourth-order valence-corrected chi connectivity index (χ4v) is 3.00. The number of alkyl carbamates (subject to hydrolysis) is 1. The molecule has 3 heterocycles. The largest absolute Gasteiger partial charge is 0.444 e. The lowest BCUT2D eigenvalue weighted by molar-refractivity contribution is -0.0523. The van der Waals surface area contributed by atoms with Crippen molar-refractivity contribution < 1.29 is 29.6 Å². The average Bonchev–Trinajstić information content (AvgIpc) is 3.10. The molecule has 1 fully saturated rings. The maximum Gasteiger partial charge on any atom is 0.408 e. The minimum atomic E-state index is -1.45. The fourth-order valence-electron chi connectivity index (χ4n) is 3.00. The van der Waals surface area contributed by atoms with E-state index in [0.717, 1.165) is 0 Å². The molecule has 4 atom stereocenters. The second-order valence-corrected chi connectivity index (χ2v) is 7.61. The molecular weight excluding hydrogens is 388 g/mol. The minimum absolute atomic E-state index is 0.0120. The molecule has 2 aromatic rings. The summed E-state index contributed by atoms with van der Waals surface area (Å²) < 4.78 is 12.0. The number of amides is 1. The number of aliphatic hydroxyl groups excluding tert-OH is 3. The predicted octanol–water partition coefficient (Wildman–Crippen LogP) is -1.66. The first-order valence-corrected chi connectivity index (χ1v) is 8.87. The molecule has 3 rings (SSSR count). The lowest BCUT2D eigenvalue weighted by atomic mass is 10.1. The number of nitrogens with zero attached hydrogens (tertiary/aromatic N) is 3. The molecule has 0 bridgehead atoms. The molecule has 13 nitrogen and oxygen atoms in total. The highest BCUT2D eigenvalue weighted by molar-refractivity contribution is 5.72. The van der Waals surface area contributed by atoms with Crippen molar-refractivity contribution in [3.63, 3.8) is 0 Å². The van der Waals surface area contributed by atoms with Gasteiger partial charge in [0.15, 0.2) is 17.4 Å². The summed E-state index contributed by atoms with van der Waals surface area (Å²) in [5, 5.41) is 32.3. The van der Waals surface area contributed by atoms with Gasteiger partial charge < -0.3 is 35.8 Å². The third-order valence-electron chi connectivity index (χ3n) is 4.20. The second kappa shape index (κ2) is 7.59. The van der Waals surface area contributed by atoms with E-state index in [1.165, 1.54) is 4.57 Å². The smallest absolute Gasteiger partial charge is 0.408 e. The fraction of sp³-hybridized carbons (Fsp3) is 0.625. The molecule has 0 aromatic carbocycles. The van der Waals surface area contributed by atoms with Crippen LogP contribution in [0.5, 0.6) is 0 Å². The monoisotopic (exact) mass is 412 g/mol. The number of carbonyl (C=O) groups excluding carboxylic acids is 1. The van der Waals surface area contributed by atoms with Crippen LogP contribution < -0.4 is 16.6 Å². The summed E-state index contributed by atoms with van der Waals surface area (Å²) in [6.45, 7) is 4.37. The Hall–Kier alpha value is -2.74. The first kappa shape index (κ1) is 21.0. The molecule has 0 aliphatic carbocycles. The topological polar surface area (TPSA) is 198 Å². The van der Waals surface area contributed by atoms with Gasteiger partial charge in [-0.2, -0.15) is 4.98 Å². The highest BCUT2D eigenvalue weighted by Gasteiger charge is 2.45. The van der Waals surface area contributed by atoms with E-state index < -0.39 is 48.4 Å². The van der Waals surface area contributed by atoms with E-state index in [-0.39, 0.29) is 29.5 Å². The van der Waals surface area contributed by atoms with E-state index in [9.17, 15) is 24.9 Å². The molecule has 29 heavy (non-hydrogen) atoms. The molecule has 0 saturated carbocycles. The maximum absolute atomic E-state index is 12.2. The first-order chi connectivity index (χ1) is 13.5. The number of anilines is 1. The van der Waals surface area contributed by atoms with Gasteiger partial charge in [-0.05, 0) is 20.8 Å². The van der Waals surface area contributed by atoms with E-state index in [1.807, 2.05) is 0 Å². The maximum atomic E-state index is 12.2. The summed E-state index contributed by atoms with van der Waals surface area (Å²) in [5.41, 5.74) is 4.16. The molecule has 1 saturated heterocycles. The van der Waals surface area contributed by atoms with Crippen LogP contribution in [0.1, 0.15) is 32.8 Å². The Balaban J connectivity index is 2.01. The van der Waals surface area contributed by atoms with Crippen molar-refractivity contribution in [2.45, 2.75) is 57.5 Å². The van der Waals surface area contributed by atoms with Gasteiger partial charge in [-0.15, -0.1) is 0 Å². The van der Waals surface area contributed by atoms with Crippen molar-refractivity contribution in [2.75, 3.05) is 12.3 Å². The summed E-state index contributed by atoms with van der Waals surface area (Å²) in [4.78, 5) is 34.7. The molecule has 1 aliphatic heterocycles. The van der Waals surface area contributed by atoms with Crippen LogP contribution in [0.15, 0.2) is 4.79 Å². The lowest BCUT2D eigenvalue weighted by Gasteiger charge is -2.21. The Kier molecular flexibility index (Phi) is 5.49. The molecule has 2 aromatic heterocycles. The number of fused-ring (bicyclic) bond motifs is 1. The number of aromatic nitrogens is 4. The molecule has 1 unspecified atom stereocenters. The summed E-state index contributed by atoms with van der Waals surface area (Å²) in [5.74, 6) is -0.0913. The van der Waals surface area contributed by atoms with Gasteiger partial charge in [0, 0.05) is 0 Å². The van der Waals surface area contributed by atoms with Gasteiger partial charge in [0.25, 0.3) is 5.56 Å². The zero-order valence-corrected chi connectivity index (χ0v) is 16.1. The number of hydrogen-bond donors (Lipinski definition) is 6. The SMILES string of the molecule is CC(C)(C)OC(=O)NCc1nc2c(=O)[nH]c(N)nc2n1[C@@H]1O[C@H](CO)C(O)[C@@H]1O. The van der Waals surface area contributed by atoms with Crippen LogP contribution in [0.4, 0.5) is 10.7 Å². The van der Waals surface area contributed by atoms with Gasteiger partial charge in [0.1, 0.15) is 29.7 Å². The number of imidazole rings is 1. The summed E-state index contributed by atoms with van der Waals surface area (Å²) in [7, 11) is 0. The Morgan fingerprint density at radius 2 is 2.03 bits per heavy atom. The van der Waals surface area contributed by atoms with Gasteiger partial charge in [0.05, 0.1) is 13.2 Å².